The number of aryl methyl sites for hydroxylation is 1. The number of aromatic nitrogens is 1. The maximum atomic E-state index is 6.18. The Kier molecular flexibility index (Phi) is 3.85. The summed E-state index contributed by atoms with van der Waals surface area (Å²) in [6, 6.07) is 10.5. The lowest BCUT2D eigenvalue weighted by Crippen LogP contribution is -2.52. The van der Waals surface area contributed by atoms with Gasteiger partial charge >= 0.3 is 0 Å². The normalized spacial score (nSPS) is 26.0. The van der Waals surface area contributed by atoms with Crippen molar-refractivity contribution >= 4 is 16.6 Å². The molecule has 1 saturated carbocycles. The van der Waals surface area contributed by atoms with E-state index >= 15 is 0 Å². The highest BCUT2D eigenvalue weighted by molar-refractivity contribution is 5.91. The van der Waals surface area contributed by atoms with Crippen molar-refractivity contribution in [1.82, 2.24) is 4.98 Å². The van der Waals surface area contributed by atoms with Crippen LogP contribution in [0, 0.1) is 12.8 Å². The summed E-state index contributed by atoms with van der Waals surface area (Å²) in [6.07, 6.45) is 4.99. The molecule has 0 radical (unpaired) electrons. The molecule has 21 heavy (non-hydrogen) atoms. The largest absolute Gasteiger partial charge is 0.377 e. The number of hydrogen-bond donors (Lipinski definition) is 2. The Morgan fingerprint density at radius 2 is 2.14 bits per heavy atom. The number of nitrogens with two attached hydrogens (primary N) is 1. The number of pyridine rings is 1. The van der Waals surface area contributed by atoms with Gasteiger partial charge < -0.3 is 11.1 Å². The van der Waals surface area contributed by atoms with Gasteiger partial charge in [-0.15, -0.1) is 0 Å². The van der Waals surface area contributed by atoms with E-state index in [0.29, 0.717) is 12.5 Å². The van der Waals surface area contributed by atoms with E-state index in [4.69, 9.17) is 5.73 Å². The fourth-order valence-corrected chi connectivity index (χ4v) is 3.63. The summed E-state index contributed by atoms with van der Waals surface area (Å²) < 4.78 is 0. The van der Waals surface area contributed by atoms with Crippen molar-refractivity contribution in [2.24, 2.45) is 11.7 Å². The number of hydrogen-bond acceptors (Lipinski definition) is 3. The molecule has 3 nitrogen and oxygen atoms in total. The molecule has 3 N–H and O–H groups in total. The average molecular weight is 283 g/mol. The molecule has 1 aromatic heterocycles. The molecule has 2 unspecified atom stereocenters. The van der Waals surface area contributed by atoms with Gasteiger partial charge in [-0.25, -0.2) is 0 Å². The molecule has 1 aliphatic rings. The van der Waals surface area contributed by atoms with Crippen LogP contribution < -0.4 is 11.1 Å². The molecule has 3 rings (SSSR count). The summed E-state index contributed by atoms with van der Waals surface area (Å²) in [4.78, 5) is 4.63. The fraction of sp³-hybridized carbons (Fsp3) is 0.500. The van der Waals surface area contributed by atoms with Crippen molar-refractivity contribution < 1.29 is 0 Å². The molecule has 3 heteroatoms. The average Bonchev–Trinajstić information content (AvgIpc) is 2.49. The fourth-order valence-electron chi connectivity index (χ4n) is 3.63. The molecule has 112 valence electrons. The van der Waals surface area contributed by atoms with Gasteiger partial charge in [-0.2, -0.15) is 0 Å². The minimum Gasteiger partial charge on any atom is -0.377 e. The van der Waals surface area contributed by atoms with Crippen LogP contribution in [0.3, 0.4) is 0 Å². The Labute approximate surface area is 127 Å². The first-order valence-electron chi connectivity index (χ1n) is 7.99. The first kappa shape index (κ1) is 14.3. The topological polar surface area (TPSA) is 50.9 Å². The van der Waals surface area contributed by atoms with E-state index in [0.717, 1.165) is 17.6 Å². The number of para-hydroxylation sites is 1. The minimum atomic E-state index is 0.0226. The van der Waals surface area contributed by atoms with Crippen LogP contribution in [-0.2, 0) is 0 Å². The third-order valence-electron chi connectivity index (χ3n) is 5.05. The van der Waals surface area contributed by atoms with Crippen LogP contribution in [0.25, 0.3) is 10.9 Å². The van der Waals surface area contributed by atoms with Gasteiger partial charge in [-0.1, -0.05) is 38.0 Å². The van der Waals surface area contributed by atoms with Gasteiger partial charge in [0, 0.05) is 23.3 Å². The van der Waals surface area contributed by atoms with Crippen molar-refractivity contribution in [3.63, 3.8) is 0 Å². The first-order chi connectivity index (χ1) is 10.1. The predicted octanol–water partition coefficient (Wildman–Crippen LogP) is 3.86. The summed E-state index contributed by atoms with van der Waals surface area (Å²) in [5.41, 5.74) is 9.48. The van der Waals surface area contributed by atoms with Crippen molar-refractivity contribution in [3.05, 3.63) is 36.0 Å². The molecule has 2 aromatic rings. The molecule has 1 aliphatic carbocycles. The van der Waals surface area contributed by atoms with E-state index in [-0.39, 0.29) is 5.54 Å². The zero-order chi connectivity index (χ0) is 14.9. The zero-order valence-corrected chi connectivity index (χ0v) is 13.0. The predicted molar refractivity (Wildman–Crippen MR) is 89.5 cm³/mol. The third-order valence-corrected chi connectivity index (χ3v) is 5.05. The third kappa shape index (κ3) is 2.62. The molecule has 1 fully saturated rings. The molecule has 0 spiro atoms. The number of nitrogens with one attached hydrogen (secondary N) is 1. The lowest BCUT2D eigenvalue weighted by atomic mass is 9.73. The van der Waals surface area contributed by atoms with E-state index in [2.05, 4.69) is 48.4 Å². The molecule has 0 bridgehead atoms. The SMILES string of the molecule is Cc1cc(NC2(CN)CCCCC2C)c2ccccc2n1. The first-order valence-corrected chi connectivity index (χ1v) is 7.99. The zero-order valence-electron chi connectivity index (χ0n) is 13.0. The number of nitrogens with zero attached hydrogens (tertiary/aromatic N) is 1. The van der Waals surface area contributed by atoms with Gasteiger partial charge in [0.1, 0.15) is 0 Å². The Morgan fingerprint density at radius 3 is 2.90 bits per heavy atom. The van der Waals surface area contributed by atoms with Gasteiger partial charge in [0.15, 0.2) is 0 Å². The van der Waals surface area contributed by atoms with Gasteiger partial charge in [-0.05, 0) is 37.8 Å². The monoisotopic (exact) mass is 283 g/mol. The smallest absolute Gasteiger partial charge is 0.0725 e. The lowest BCUT2D eigenvalue weighted by molar-refractivity contribution is 0.236. The maximum absolute atomic E-state index is 6.18. The molecule has 0 aliphatic heterocycles. The Morgan fingerprint density at radius 1 is 1.33 bits per heavy atom. The summed E-state index contributed by atoms with van der Waals surface area (Å²) >= 11 is 0. The second-order valence-corrected chi connectivity index (χ2v) is 6.46. The van der Waals surface area contributed by atoms with Crippen LogP contribution in [0.2, 0.25) is 0 Å². The van der Waals surface area contributed by atoms with Gasteiger partial charge in [0.2, 0.25) is 0 Å². The van der Waals surface area contributed by atoms with Gasteiger partial charge in [0.25, 0.3) is 0 Å². The minimum absolute atomic E-state index is 0.0226. The summed E-state index contributed by atoms with van der Waals surface area (Å²) in [7, 11) is 0. The van der Waals surface area contributed by atoms with Crippen LogP contribution in [0.1, 0.15) is 38.3 Å². The van der Waals surface area contributed by atoms with Crippen molar-refractivity contribution in [1.29, 1.82) is 0 Å². The maximum Gasteiger partial charge on any atom is 0.0725 e. The van der Waals surface area contributed by atoms with Crippen LogP contribution in [0.5, 0.6) is 0 Å². The van der Waals surface area contributed by atoms with Crippen LogP contribution >= 0.6 is 0 Å². The van der Waals surface area contributed by atoms with E-state index < -0.39 is 0 Å². The highest BCUT2D eigenvalue weighted by Crippen LogP contribution is 2.37. The Bertz CT molecular complexity index is 637. The molecule has 1 heterocycles. The molecule has 0 saturated heterocycles. The number of benzene rings is 1. The van der Waals surface area contributed by atoms with E-state index in [9.17, 15) is 0 Å². The number of rotatable bonds is 3. The summed E-state index contributed by atoms with van der Waals surface area (Å²) in [6.45, 7) is 5.07. The van der Waals surface area contributed by atoms with E-state index in [1.165, 1.54) is 30.3 Å². The highest BCUT2D eigenvalue weighted by Gasteiger charge is 2.37. The summed E-state index contributed by atoms with van der Waals surface area (Å²) in [5.74, 6) is 0.600. The summed E-state index contributed by atoms with van der Waals surface area (Å²) in [5, 5.41) is 5.00. The number of anilines is 1. The molecule has 2 atom stereocenters. The molecular weight excluding hydrogens is 258 g/mol. The van der Waals surface area contributed by atoms with Crippen LogP contribution in [-0.4, -0.2) is 17.1 Å². The Hall–Kier alpha value is -1.61. The van der Waals surface area contributed by atoms with Gasteiger partial charge in [-0.3, -0.25) is 4.98 Å². The van der Waals surface area contributed by atoms with E-state index in [1.54, 1.807) is 0 Å². The number of fused-ring (bicyclic) bond motifs is 1. The van der Waals surface area contributed by atoms with Crippen molar-refractivity contribution in [2.45, 2.75) is 45.1 Å². The highest BCUT2D eigenvalue weighted by atomic mass is 15.0. The van der Waals surface area contributed by atoms with E-state index in [1.807, 2.05) is 6.07 Å². The standard InChI is InChI=1S/C18H25N3/c1-13-7-5-6-10-18(13,12-19)21-17-11-14(2)20-16-9-4-3-8-15(16)17/h3-4,8-9,11,13H,5-7,10,12,19H2,1-2H3,(H,20,21). The second kappa shape index (κ2) is 5.64. The molecule has 0 amide bonds. The van der Waals surface area contributed by atoms with Crippen molar-refractivity contribution in [2.75, 3.05) is 11.9 Å². The second-order valence-electron chi connectivity index (χ2n) is 6.46. The Balaban J connectivity index is 2.04. The van der Waals surface area contributed by atoms with Crippen LogP contribution in [0.15, 0.2) is 30.3 Å². The van der Waals surface area contributed by atoms with Crippen molar-refractivity contribution in [3.8, 4) is 0 Å². The molecular formula is C18H25N3. The van der Waals surface area contributed by atoms with Gasteiger partial charge in [0.05, 0.1) is 11.1 Å². The quantitative estimate of drug-likeness (QED) is 0.899. The lowest BCUT2D eigenvalue weighted by Gasteiger charge is -2.43. The van der Waals surface area contributed by atoms with Crippen LogP contribution in [0.4, 0.5) is 5.69 Å². The molecule has 1 aromatic carbocycles.